The number of anilines is 1. The summed E-state index contributed by atoms with van der Waals surface area (Å²) in [4.78, 5) is 11.5. The maximum absolute atomic E-state index is 9.84. The van der Waals surface area contributed by atoms with Gasteiger partial charge in [0.1, 0.15) is 18.2 Å². The molecule has 2 aromatic heterocycles. The Labute approximate surface area is 152 Å². The molecule has 0 spiro atoms. The van der Waals surface area contributed by atoms with Gasteiger partial charge in [-0.15, -0.1) is 0 Å². The fourth-order valence-electron chi connectivity index (χ4n) is 5.12. The summed E-state index contributed by atoms with van der Waals surface area (Å²) in [5.41, 5.74) is 9.04. The van der Waals surface area contributed by atoms with Crippen LogP contribution in [0, 0.1) is 6.92 Å². The molecule has 7 heteroatoms. The summed E-state index contributed by atoms with van der Waals surface area (Å²) in [6, 6.07) is 2.01. The predicted octanol–water partition coefficient (Wildman–Crippen LogP) is 1.29. The standard InChI is InChI=1S/C19H25N5O2/c1-13-6-14(7-21-17(13)20)15-8-24(16(9-25)22-15)19-10-18(11-19,12-19)23-2-4-26-5-3-23/h6-8,25H,2-5,9-12H2,1H3,(H2,20,21). The molecule has 4 fully saturated rings. The summed E-state index contributed by atoms with van der Waals surface area (Å²) in [5.74, 6) is 1.28. The fraction of sp³-hybridized carbons (Fsp3) is 0.579. The highest BCUT2D eigenvalue weighted by Gasteiger charge is 2.71. The van der Waals surface area contributed by atoms with E-state index in [0.717, 1.165) is 68.2 Å². The Hall–Kier alpha value is -1.96. The first-order valence-electron chi connectivity index (χ1n) is 9.30. The van der Waals surface area contributed by atoms with Crippen LogP contribution in [-0.2, 0) is 16.9 Å². The number of hydrogen-bond acceptors (Lipinski definition) is 6. The van der Waals surface area contributed by atoms with Gasteiger partial charge in [-0.1, -0.05) is 0 Å². The molecule has 7 nitrogen and oxygen atoms in total. The van der Waals surface area contributed by atoms with Crippen molar-refractivity contribution in [1.82, 2.24) is 19.4 Å². The second-order valence-electron chi connectivity index (χ2n) is 8.08. The Morgan fingerprint density at radius 2 is 1.96 bits per heavy atom. The molecule has 6 rings (SSSR count). The van der Waals surface area contributed by atoms with Crippen LogP contribution in [0.15, 0.2) is 18.5 Å². The van der Waals surface area contributed by atoms with Crippen molar-refractivity contribution in [3.8, 4) is 11.3 Å². The topological polar surface area (TPSA) is 89.4 Å². The lowest BCUT2D eigenvalue weighted by atomic mass is 9.43. The van der Waals surface area contributed by atoms with Gasteiger partial charge in [-0.3, -0.25) is 4.90 Å². The zero-order valence-electron chi connectivity index (χ0n) is 15.1. The molecule has 0 amide bonds. The highest BCUT2D eigenvalue weighted by atomic mass is 16.5. The van der Waals surface area contributed by atoms with Crippen LogP contribution in [0.1, 0.15) is 30.7 Å². The minimum Gasteiger partial charge on any atom is -0.388 e. The highest BCUT2D eigenvalue weighted by molar-refractivity contribution is 5.61. The summed E-state index contributed by atoms with van der Waals surface area (Å²) < 4.78 is 7.71. The number of nitrogen functional groups attached to an aromatic ring is 1. The van der Waals surface area contributed by atoms with E-state index < -0.39 is 0 Å². The zero-order chi connectivity index (χ0) is 17.9. The quantitative estimate of drug-likeness (QED) is 0.859. The van der Waals surface area contributed by atoms with Crippen molar-refractivity contribution in [3.63, 3.8) is 0 Å². The third-order valence-corrected chi connectivity index (χ3v) is 6.50. The fourth-order valence-corrected chi connectivity index (χ4v) is 5.12. The average Bonchev–Trinajstić information content (AvgIpc) is 3.00. The molecule has 1 aliphatic heterocycles. The second-order valence-corrected chi connectivity index (χ2v) is 8.08. The van der Waals surface area contributed by atoms with E-state index in [0.29, 0.717) is 11.4 Å². The van der Waals surface area contributed by atoms with Crippen molar-refractivity contribution >= 4 is 5.82 Å². The Kier molecular flexibility index (Phi) is 3.44. The SMILES string of the molecule is Cc1cc(-c2cn(C34CC(N5CCOCC5)(C3)C4)c(CO)n2)cnc1N. The summed E-state index contributed by atoms with van der Waals surface area (Å²) in [7, 11) is 0. The Bertz CT molecular complexity index is 836. The van der Waals surface area contributed by atoms with Crippen LogP contribution >= 0.6 is 0 Å². The molecule has 2 bridgehead atoms. The number of aromatic nitrogens is 3. The number of imidazole rings is 1. The monoisotopic (exact) mass is 355 g/mol. The van der Waals surface area contributed by atoms with Gasteiger partial charge in [0.15, 0.2) is 0 Å². The lowest BCUT2D eigenvalue weighted by molar-refractivity contribution is -0.221. The molecular formula is C19H25N5O2. The normalized spacial score (nSPS) is 30.7. The Morgan fingerprint density at radius 3 is 2.62 bits per heavy atom. The summed E-state index contributed by atoms with van der Waals surface area (Å²) >= 11 is 0. The van der Waals surface area contributed by atoms with Gasteiger partial charge in [0.05, 0.1) is 24.4 Å². The molecule has 0 unspecified atom stereocenters. The van der Waals surface area contributed by atoms with Crippen LogP contribution in [0.4, 0.5) is 5.82 Å². The van der Waals surface area contributed by atoms with E-state index in [1.165, 1.54) is 0 Å². The third kappa shape index (κ3) is 2.17. The minimum atomic E-state index is -0.0479. The van der Waals surface area contributed by atoms with Crippen molar-refractivity contribution < 1.29 is 9.84 Å². The first kappa shape index (κ1) is 16.2. The average molecular weight is 355 g/mol. The molecule has 2 aromatic rings. The molecule has 3 N–H and O–H groups in total. The lowest BCUT2D eigenvalue weighted by Gasteiger charge is -2.74. The first-order valence-corrected chi connectivity index (χ1v) is 9.30. The van der Waals surface area contributed by atoms with E-state index in [1.807, 2.05) is 13.0 Å². The van der Waals surface area contributed by atoms with Crippen molar-refractivity contribution in [1.29, 1.82) is 0 Å². The maximum atomic E-state index is 9.84. The molecule has 138 valence electrons. The van der Waals surface area contributed by atoms with Gasteiger partial charge >= 0.3 is 0 Å². The minimum absolute atomic E-state index is 0.0479. The van der Waals surface area contributed by atoms with Gasteiger partial charge in [0, 0.05) is 36.6 Å². The van der Waals surface area contributed by atoms with E-state index in [4.69, 9.17) is 10.5 Å². The Balaban J connectivity index is 1.41. The first-order chi connectivity index (χ1) is 12.6. The molecule has 3 aliphatic carbocycles. The van der Waals surface area contributed by atoms with E-state index in [1.54, 1.807) is 6.20 Å². The number of nitrogens with two attached hydrogens (primary N) is 1. The van der Waals surface area contributed by atoms with E-state index >= 15 is 0 Å². The van der Waals surface area contributed by atoms with Crippen LogP contribution in [0.25, 0.3) is 11.3 Å². The maximum Gasteiger partial charge on any atom is 0.135 e. The van der Waals surface area contributed by atoms with E-state index in [2.05, 4.69) is 25.6 Å². The second kappa shape index (κ2) is 5.52. The Morgan fingerprint density at radius 1 is 1.23 bits per heavy atom. The number of aliphatic hydroxyl groups is 1. The smallest absolute Gasteiger partial charge is 0.135 e. The van der Waals surface area contributed by atoms with Gasteiger partial charge < -0.3 is 20.1 Å². The number of hydrogen-bond donors (Lipinski definition) is 2. The van der Waals surface area contributed by atoms with Gasteiger partial charge in [-0.2, -0.15) is 0 Å². The summed E-state index contributed by atoms with van der Waals surface area (Å²) in [5, 5.41) is 9.84. The van der Waals surface area contributed by atoms with Crippen molar-refractivity contribution in [2.45, 2.75) is 43.9 Å². The van der Waals surface area contributed by atoms with Gasteiger partial charge in [0.25, 0.3) is 0 Å². The molecular weight excluding hydrogens is 330 g/mol. The zero-order valence-corrected chi connectivity index (χ0v) is 15.1. The van der Waals surface area contributed by atoms with Crippen molar-refractivity contribution in [3.05, 3.63) is 29.8 Å². The number of pyridine rings is 1. The summed E-state index contributed by atoms with van der Waals surface area (Å²) in [6.45, 7) is 5.66. The molecule has 4 aliphatic rings. The molecule has 3 saturated carbocycles. The molecule has 1 saturated heterocycles. The summed E-state index contributed by atoms with van der Waals surface area (Å²) in [6.07, 6.45) is 7.26. The molecule has 0 atom stereocenters. The van der Waals surface area contributed by atoms with Crippen LogP contribution in [0.5, 0.6) is 0 Å². The van der Waals surface area contributed by atoms with Crippen LogP contribution in [0.2, 0.25) is 0 Å². The number of rotatable bonds is 4. The van der Waals surface area contributed by atoms with Crippen molar-refractivity contribution in [2.75, 3.05) is 32.0 Å². The number of aliphatic hydroxyl groups excluding tert-OH is 1. The highest BCUT2D eigenvalue weighted by Crippen LogP contribution is 2.68. The van der Waals surface area contributed by atoms with Crippen LogP contribution in [-0.4, -0.2) is 56.4 Å². The van der Waals surface area contributed by atoms with Crippen LogP contribution in [0.3, 0.4) is 0 Å². The number of aryl methyl sites for hydroxylation is 1. The van der Waals surface area contributed by atoms with Gasteiger partial charge in [0.2, 0.25) is 0 Å². The van der Waals surface area contributed by atoms with Crippen LogP contribution < -0.4 is 5.73 Å². The third-order valence-electron chi connectivity index (χ3n) is 6.50. The molecule has 3 heterocycles. The number of morpholine rings is 1. The van der Waals surface area contributed by atoms with Gasteiger partial charge in [-0.05, 0) is 37.8 Å². The largest absolute Gasteiger partial charge is 0.388 e. The number of nitrogens with zero attached hydrogens (tertiary/aromatic N) is 4. The number of ether oxygens (including phenoxy) is 1. The lowest BCUT2D eigenvalue weighted by Crippen LogP contribution is -2.79. The predicted molar refractivity (Wildman–Crippen MR) is 97.5 cm³/mol. The van der Waals surface area contributed by atoms with E-state index in [-0.39, 0.29) is 12.1 Å². The van der Waals surface area contributed by atoms with E-state index in [9.17, 15) is 5.11 Å². The molecule has 0 aromatic carbocycles. The molecule has 0 radical (unpaired) electrons. The van der Waals surface area contributed by atoms with Crippen molar-refractivity contribution in [2.24, 2.45) is 0 Å². The van der Waals surface area contributed by atoms with Gasteiger partial charge in [-0.25, -0.2) is 9.97 Å². The molecule has 26 heavy (non-hydrogen) atoms.